The van der Waals surface area contributed by atoms with Crippen LogP contribution in [0.4, 0.5) is 18.9 Å². The highest BCUT2D eigenvalue weighted by atomic mass is 32.2. The van der Waals surface area contributed by atoms with Crippen molar-refractivity contribution in [3.05, 3.63) is 23.8 Å². The fourth-order valence-electron chi connectivity index (χ4n) is 1.53. The van der Waals surface area contributed by atoms with Crippen LogP contribution < -0.4 is 5.73 Å². The fraction of sp³-hybridized carbons (Fsp3) is 0.455. The minimum atomic E-state index is -4.39. The largest absolute Gasteiger partial charge is 0.399 e. The third kappa shape index (κ3) is 4.10. The highest BCUT2D eigenvalue weighted by Crippen LogP contribution is 2.24. The van der Waals surface area contributed by atoms with Crippen molar-refractivity contribution in [2.45, 2.75) is 24.4 Å². The average Bonchev–Trinajstić information content (AvgIpc) is 2.24. The Morgan fingerprint density at radius 1 is 1.32 bits per heavy atom. The van der Waals surface area contributed by atoms with E-state index in [1.54, 1.807) is 6.92 Å². The van der Waals surface area contributed by atoms with E-state index in [9.17, 15) is 21.6 Å². The first kappa shape index (κ1) is 15.8. The van der Waals surface area contributed by atoms with Gasteiger partial charge in [0.05, 0.1) is 11.3 Å². The minimum absolute atomic E-state index is 0.0358. The van der Waals surface area contributed by atoms with Crippen molar-refractivity contribution in [2.75, 3.05) is 19.3 Å². The molecule has 108 valence electrons. The summed E-state index contributed by atoms with van der Waals surface area (Å²) in [7, 11) is -2.81. The molecular weight excluding hydrogens is 281 g/mol. The summed E-state index contributed by atoms with van der Waals surface area (Å²) in [5.74, 6) is 0. The van der Waals surface area contributed by atoms with Crippen molar-refractivity contribution in [1.82, 2.24) is 4.31 Å². The topological polar surface area (TPSA) is 63.4 Å². The Hall–Kier alpha value is -1.28. The van der Waals surface area contributed by atoms with E-state index in [1.165, 1.54) is 18.2 Å². The van der Waals surface area contributed by atoms with Crippen LogP contribution in [-0.2, 0) is 10.0 Å². The zero-order valence-electron chi connectivity index (χ0n) is 10.5. The Morgan fingerprint density at radius 3 is 2.37 bits per heavy atom. The average molecular weight is 296 g/mol. The monoisotopic (exact) mass is 296 g/mol. The molecule has 0 aromatic heterocycles. The van der Waals surface area contributed by atoms with Gasteiger partial charge in [0.15, 0.2) is 0 Å². The Morgan fingerprint density at radius 2 is 1.89 bits per heavy atom. The van der Waals surface area contributed by atoms with E-state index in [4.69, 9.17) is 5.73 Å². The molecule has 1 aromatic rings. The number of hydrogen-bond donors (Lipinski definition) is 1. The van der Waals surface area contributed by atoms with Gasteiger partial charge in [-0.1, -0.05) is 0 Å². The van der Waals surface area contributed by atoms with E-state index in [-0.39, 0.29) is 4.90 Å². The lowest BCUT2D eigenvalue weighted by Crippen LogP contribution is -2.31. The van der Waals surface area contributed by atoms with Gasteiger partial charge in [-0.25, -0.2) is 12.7 Å². The summed E-state index contributed by atoms with van der Waals surface area (Å²) >= 11 is 0. The molecule has 8 heteroatoms. The maximum atomic E-state index is 12.1. The van der Waals surface area contributed by atoms with Crippen molar-refractivity contribution in [3.8, 4) is 0 Å². The normalized spacial score (nSPS) is 12.9. The van der Waals surface area contributed by atoms with Crippen LogP contribution >= 0.6 is 0 Å². The van der Waals surface area contributed by atoms with Gasteiger partial charge in [0.25, 0.3) is 0 Å². The van der Waals surface area contributed by atoms with Gasteiger partial charge in [0.2, 0.25) is 10.0 Å². The molecule has 0 saturated heterocycles. The van der Waals surface area contributed by atoms with E-state index in [0.717, 1.165) is 7.05 Å². The summed E-state index contributed by atoms with van der Waals surface area (Å²) in [6.45, 7) is 0.927. The first-order valence-corrected chi connectivity index (χ1v) is 6.87. The molecule has 2 N–H and O–H groups in total. The van der Waals surface area contributed by atoms with Gasteiger partial charge in [0, 0.05) is 19.3 Å². The molecule has 0 aliphatic heterocycles. The molecule has 4 nitrogen and oxygen atoms in total. The molecule has 0 spiro atoms. The molecule has 1 aromatic carbocycles. The van der Waals surface area contributed by atoms with Crippen molar-refractivity contribution in [2.24, 2.45) is 0 Å². The summed E-state index contributed by atoms with van der Waals surface area (Å²) in [6, 6.07) is 4.16. The number of hydrogen-bond acceptors (Lipinski definition) is 3. The molecule has 0 fully saturated rings. The predicted molar refractivity (Wildman–Crippen MR) is 66.1 cm³/mol. The molecule has 19 heavy (non-hydrogen) atoms. The first-order valence-electron chi connectivity index (χ1n) is 5.43. The number of aryl methyl sites for hydroxylation is 1. The van der Waals surface area contributed by atoms with Crippen molar-refractivity contribution in [1.29, 1.82) is 0 Å². The molecule has 0 amide bonds. The van der Waals surface area contributed by atoms with Crippen LogP contribution in [0, 0.1) is 6.92 Å². The third-order valence-electron chi connectivity index (χ3n) is 2.60. The summed E-state index contributed by atoms with van der Waals surface area (Å²) in [5.41, 5.74) is 6.30. The van der Waals surface area contributed by atoms with Gasteiger partial charge in [-0.2, -0.15) is 13.2 Å². The van der Waals surface area contributed by atoms with Crippen LogP contribution in [0.2, 0.25) is 0 Å². The highest BCUT2D eigenvalue weighted by molar-refractivity contribution is 7.89. The molecule has 0 bridgehead atoms. The number of nitrogen functional groups attached to an aromatic ring is 1. The summed E-state index contributed by atoms with van der Waals surface area (Å²) in [6.07, 6.45) is -5.57. The van der Waals surface area contributed by atoms with Gasteiger partial charge in [-0.3, -0.25) is 0 Å². The van der Waals surface area contributed by atoms with Crippen molar-refractivity contribution in [3.63, 3.8) is 0 Å². The third-order valence-corrected chi connectivity index (χ3v) is 4.61. The quantitative estimate of drug-likeness (QED) is 0.866. The summed E-state index contributed by atoms with van der Waals surface area (Å²) in [5, 5.41) is 0. The van der Waals surface area contributed by atoms with E-state index in [2.05, 4.69) is 0 Å². The molecule has 0 atom stereocenters. The number of rotatable bonds is 4. The molecule has 0 unspecified atom stereocenters. The zero-order valence-corrected chi connectivity index (χ0v) is 11.3. The van der Waals surface area contributed by atoms with Crippen molar-refractivity contribution < 1.29 is 21.6 Å². The van der Waals surface area contributed by atoms with E-state index < -0.39 is 29.2 Å². The SMILES string of the molecule is Cc1cc(N)ccc1S(=O)(=O)N(C)CCC(F)(F)F. The maximum absolute atomic E-state index is 12.1. The van der Waals surface area contributed by atoms with Gasteiger partial charge in [-0.05, 0) is 30.7 Å². The van der Waals surface area contributed by atoms with E-state index >= 15 is 0 Å². The van der Waals surface area contributed by atoms with E-state index in [0.29, 0.717) is 15.6 Å². The number of sulfonamides is 1. The number of anilines is 1. The van der Waals surface area contributed by atoms with Crippen LogP contribution in [0.15, 0.2) is 23.1 Å². The number of nitrogens with two attached hydrogens (primary N) is 1. The molecule has 0 aliphatic rings. The number of benzene rings is 1. The Bertz CT molecular complexity index is 556. The molecule has 0 heterocycles. The van der Waals surface area contributed by atoms with Crippen LogP contribution in [0.1, 0.15) is 12.0 Å². The molecule has 0 radical (unpaired) electrons. The lowest BCUT2D eigenvalue weighted by Gasteiger charge is -2.19. The molecule has 0 aliphatic carbocycles. The Balaban J connectivity index is 2.97. The second-order valence-corrected chi connectivity index (χ2v) is 6.23. The van der Waals surface area contributed by atoms with E-state index in [1.807, 2.05) is 0 Å². The van der Waals surface area contributed by atoms with Gasteiger partial charge in [0.1, 0.15) is 0 Å². The number of nitrogens with zero attached hydrogens (tertiary/aromatic N) is 1. The van der Waals surface area contributed by atoms with Gasteiger partial charge in [-0.15, -0.1) is 0 Å². The number of alkyl halides is 3. The van der Waals surface area contributed by atoms with Gasteiger partial charge >= 0.3 is 6.18 Å². The Labute approximate surface area is 110 Å². The van der Waals surface area contributed by atoms with Crippen LogP contribution in [0.5, 0.6) is 0 Å². The summed E-state index contributed by atoms with van der Waals surface area (Å²) < 4.78 is 61.2. The lowest BCUT2D eigenvalue weighted by atomic mass is 10.2. The summed E-state index contributed by atoms with van der Waals surface area (Å²) in [4.78, 5) is -0.0358. The smallest absolute Gasteiger partial charge is 0.390 e. The molecule has 1 rings (SSSR count). The predicted octanol–water partition coefficient (Wildman–Crippen LogP) is 2.15. The number of halogens is 3. The second-order valence-electron chi connectivity index (χ2n) is 4.22. The van der Waals surface area contributed by atoms with Crippen LogP contribution in [0.25, 0.3) is 0 Å². The lowest BCUT2D eigenvalue weighted by molar-refractivity contribution is -0.135. The van der Waals surface area contributed by atoms with Gasteiger partial charge < -0.3 is 5.73 Å². The molecular formula is C11H15F3N2O2S. The van der Waals surface area contributed by atoms with Crippen LogP contribution in [0.3, 0.4) is 0 Å². The fourth-order valence-corrected chi connectivity index (χ4v) is 2.91. The first-order chi connectivity index (χ1) is 8.54. The molecule has 0 saturated carbocycles. The van der Waals surface area contributed by atoms with Crippen LogP contribution in [-0.4, -0.2) is 32.5 Å². The highest BCUT2D eigenvalue weighted by Gasteiger charge is 2.30. The zero-order chi connectivity index (χ0) is 14.8. The standard InChI is InChI=1S/C11H15F3N2O2S/c1-8-7-9(15)3-4-10(8)19(17,18)16(2)6-5-11(12,13)14/h3-4,7H,5-6,15H2,1-2H3. The second kappa shape index (κ2) is 5.38. The Kier molecular flexibility index (Phi) is 4.46. The van der Waals surface area contributed by atoms with Crippen molar-refractivity contribution >= 4 is 15.7 Å². The maximum Gasteiger partial charge on any atom is 0.390 e. The minimum Gasteiger partial charge on any atom is -0.399 e.